The van der Waals surface area contributed by atoms with Gasteiger partial charge in [0, 0.05) is 21.5 Å². The number of pyridine rings is 1. The predicted octanol–water partition coefficient (Wildman–Crippen LogP) is 6.92. The van der Waals surface area contributed by atoms with Crippen LogP contribution < -0.4 is 5.32 Å². The Hall–Kier alpha value is -2.58. The van der Waals surface area contributed by atoms with Gasteiger partial charge in [-0.15, -0.1) is 0 Å². The van der Waals surface area contributed by atoms with E-state index in [1.165, 1.54) is 10.8 Å². The standard InChI is InChI=1S/C23H21ClN2/c1-23(2,3)26-22-20-11-10-19(24)13-18(20)14-21(25-22)17-9-8-15-6-4-5-7-16(15)12-17/h4-14H,1-3H3,(H,25,26). The van der Waals surface area contributed by atoms with Crippen molar-refractivity contribution in [1.29, 1.82) is 0 Å². The molecule has 0 aliphatic carbocycles. The molecule has 4 rings (SSSR count). The molecule has 26 heavy (non-hydrogen) atoms. The number of rotatable bonds is 2. The van der Waals surface area contributed by atoms with Crippen LogP contribution in [0.3, 0.4) is 0 Å². The van der Waals surface area contributed by atoms with Crippen LogP contribution in [0.5, 0.6) is 0 Å². The van der Waals surface area contributed by atoms with Crippen molar-refractivity contribution >= 4 is 39.0 Å². The molecule has 3 heteroatoms. The highest BCUT2D eigenvalue weighted by atomic mass is 35.5. The van der Waals surface area contributed by atoms with Gasteiger partial charge in [0.25, 0.3) is 0 Å². The SMILES string of the molecule is CC(C)(C)Nc1nc(-c2ccc3ccccc3c2)cc2cc(Cl)ccc12. The highest BCUT2D eigenvalue weighted by Gasteiger charge is 2.15. The lowest BCUT2D eigenvalue weighted by Gasteiger charge is -2.23. The average Bonchev–Trinajstić information content (AvgIpc) is 2.59. The van der Waals surface area contributed by atoms with Crippen molar-refractivity contribution in [2.75, 3.05) is 5.32 Å². The lowest BCUT2D eigenvalue weighted by molar-refractivity contribution is 0.632. The van der Waals surface area contributed by atoms with E-state index in [2.05, 4.69) is 74.6 Å². The van der Waals surface area contributed by atoms with Gasteiger partial charge in [-0.05, 0) is 67.3 Å². The van der Waals surface area contributed by atoms with Gasteiger partial charge in [-0.2, -0.15) is 0 Å². The van der Waals surface area contributed by atoms with E-state index in [0.29, 0.717) is 0 Å². The van der Waals surface area contributed by atoms with Crippen LogP contribution in [-0.2, 0) is 0 Å². The number of aromatic nitrogens is 1. The number of benzene rings is 3. The van der Waals surface area contributed by atoms with Crippen molar-refractivity contribution in [3.05, 3.63) is 71.8 Å². The quantitative estimate of drug-likeness (QED) is 0.419. The van der Waals surface area contributed by atoms with Crippen molar-refractivity contribution in [3.8, 4) is 11.3 Å². The van der Waals surface area contributed by atoms with Crippen LogP contribution in [0, 0.1) is 0 Å². The number of anilines is 1. The Bertz CT molecular complexity index is 1110. The summed E-state index contributed by atoms with van der Waals surface area (Å²) in [5, 5.41) is 8.87. The molecule has 1 heterocycles. The van der Waals surface area contributed by atoms with Crippen LogP contribution in [0.4, 0.5) is 5.82 Å². The first kappa shape index (κ1) is 16.9. The minimum absolute atomic E-state index is 0.0818. The molecule has 4 aromatic rings. The Kier molecular flexibility index (Phi) is 4.08. The summed E-state index contributed by atoms with van der Waals surface area (Å²) in [4.78, 5) is 4.94. The number of hydrogen-bond acceptors (Lipinski definition) is 2. The second-order valence-electron chi connectivity index (χ2n) is 7.66. The van der Waals surface area contributed by atoms with E-state index >= 15 is 0 Å². The van der Waals surface area contributed by atoms with Crippen LogP contribution in [0.15, 0.2) is 66.7 Å². The van der Waals surface area contributed by atoms with E-state index < -0.39 is 0 Å². The molecule has 0 saturated heterocycles. The van der Waals surface area contributed by atoms with Gasteiger partial charge in [0.05, 0.1) is 5.69 Å². The fraction of sp³-hybridized carbons (Fsp3) is 0.174. The molecule has 0 aliphatic heterocycles. The van der Waals surface area contributed by atoms with E-state index in [0.717, 1.165) is 32.9 Å². The first-order chi connectivity index (χ1) is 12.4. The number of halogens is 1. The zero-order valence-corrected chi connectivity index (χ0v) is 15.9. The predicted molar refractivity (Wildman–Crippen MR) is 113 cm³/mol. The summed E-state index contributed by atoms with van der Waals surface area (Å²) in [6.45, 7) is 6.41. The van der Waals surface area contributed by atoms with Gasteiger partial charge in [0.1, 0.15) is 5.82 Å². The topological polar surface area (TPSA) is 24.9 Å². The van der Waals surface area contributed by atoms with Crippen molar-refractivity contribution in [2.45, 2.75) is 26.3 Å². The van der Waals surface area contributed by atoms with Crippen LogP contribution in [0.25, 0.3) is 32.8 Å². The van der Waals surface area contributed by atoms with Gasteiger partial charge in [0.2, 0.25) is 0 Å². The Labute approximate surface area is 158 Å². The third-order valence-electron chi connectivity index (χ3n) is 4.33. The maximum absolute atomic E-state index is 6.24. The molecule has 0 amide bonds. The largest absolute Gasteiger partial charge is 0.365 e. The second-order valence-corrected chi connectivity index (χ2v) is 8.09. The van der Waals surface area contributed by atoms with Crippen LogP contribution in [0.1, 0.15) is 20.8 Å². The van der Waals surface area contributed by atoms with Gasteiger partial charge >= 0.3 is 0 Å². The van der Waals surface area contributed by atoms with Gasteiger partial charge < -0.3 is 5.32 Å². The second kappa shape index (κ2) is 6.30. The number of nitrogens with zero attached hydrogens (tertiary/aromatic N) is 1. The molecule has 0 saturated carbocycles. The summed E-state index contributed by atoms with van der Waals surface area (Å²) >= 11 is 6.24. The van der Waals surface area contributed by atoms with E-state index in [4.69, 9.17) is 16.6 Å². The summed E-state index contributed by atoms with van der Waals surface area (Å²) in [7, 11) is 0. The summed E-state index contributed by atoms with van der Waals surface area (Å²) in [6.07, 6.45) is 0. The number of hydrogen-bond donors (Lipinski definition) is 1. The summed E-state index contributed by atoms with van der Waals surface area (Å²) in [6, 6.07) is 22.9. The summed E-state index contributed by atoms with van der Waals surface area (Å²) in [5.41, 5.74) is 1.96. The molecule has 0 fully saturated rings. The molecule has 1 N–H and O–H groups in total. The fourth-order valence-corrected chi connectivity index (χ4v) is 3.36. The molecular formula is C23H21ClN2. The van der Waals surface area contributed by atoms with Crippen molar-refractivity contribution in [2.24, 2.45) is 0 Å². The maximum Gasteiger partial charge on any atom is 0.134 e. The Morgan fingerprint density at radius 3 is 2.35 bits per heavy atom. The molecule has 0 aliphatic rings. The van der Waals surface area contributed by atoms with Crippen LogP contribution in [-0.4, -0.2) is 10.5 Å². The van der Waals surface area contributed by atoms with Crippen LogP contribution >= 0.6 is 11.6 Å². The lowest BCUT2D eigenvalue weighted by atomic mass is 10.0. The molecule has 0 radical (unpaired) electrons. The fourth-order valence-electron chi connectivity index (χ4n) is 3.18. The van der Waals surface area contributed by atoms with Gasteiger partial charge in [-0.3, -0.25) is 0 Å². The van der Waals surface area contributed by atoms with Crippen molar-refractivity contribution in [3.63, 3.8) is 0 Å². The Morgan fingerprint density at radius 2 is 1.58 bits per heavy atom. The first-order valence-electron chi connectivity index (χ1n) is 8.77. The summed E-state index contributed by atoms with van der Waals surface area (Å²) in [5.74, 6) is 0.884. The molecule has 3 aromatic carbocycles. The number of nitrogens with one attached hydrogen (secondary N) is 1. The molecule has 0 spiro atoms. The molecule has 130 valence electrons. The highest BCUT2D eigenvalue weighted by molar-refractivity contribution is 6.31. The third-order valence-corrected chi connectivity index (χ3v) is 4.57. The zero-order chi connectivity index (χ0) is 18.3. The lowest BCUT2D eigenvalue weighted by Crippen LogP contribution is -2.26. The third kappa shape index (κ3) is 3.38. The van der Waals surface area contributed by atoms with Gasteiger partial charge in [-0.1, -0.05) is 48.0 Å². The average molecular weight is 361 g/mol. The monoisotopic (exact) mass is 360 g/mol. The first-order valence-corrected chi connectivity index (χ1v) is 9.14. The minimum Gasteiger partial charge on any atom is -0.365 e. The van der Waals surface area contributed by atoms with Crippen molar-refractivity contribution in [1.82, 2.24) is 4.98 Å². The van der Waals surface area contributed by atoms with Gasteiger partial charge in [0.15, 0.2) is 0 Å². The smallest absolute Gasteiger partial charge is 0.134 e. The van der Waals surface area contributed by atoms with Crippen LogP contribution in [0.2, 0.25) is 5.02 Å². The maximum atomic E-state index is 6.24. The van der Waals surface area contributed by atoms with Crippen molar-refractivity contribution < 1.29 is 0 Å². The van der Waals surface area contributed by atoms with E-state index in [1.54, 1.807) is 0 Å². The summed E-state index contributed by atoms with van der Waals surface area (Å²) < 4.78 is 0. The molecule has 0 atom stereocenters. The number of fused-ring (bicyclic) bond motifs is 2. The molecule has 0 unspecified atom stereocenters. The molecule has 0 bridgehead atoms. The van der Waals surface area contributed by atoms with E-state index in [1.807, 2.05) is 18.2 Å². The minimum atomic E-state index is -0.0818. The molecule has 1 aromatic heterocycles. The molecular weight excluding hydrogens is 340 g/mol. The highest BCUT2D eigenvalue weighted by Crippen LogP contribution is 2.32. The normalized spacial score (nSPS) is 11.8. The zero-order valence-electron chi connectivity index (χ0n) is 15.2. The van der Waals surface area contributed by atoms with Gasteiger partial charge in [-0.25, -0.2) is 4.98 Å². The van der Waals surface area contributed by atoms with E-state index in [-0.39, 0.29) is 5.54 Å². The Morgan fingerprint density at radius 1 is 0.808 bits per heavy atom. The van der Waals surface area contributed by atoms with E-state index in [9.17, 15) is 0 Å². The Balaban J connectivity index is 1.93. The molecule has 2 nitrogen and oxygen atoms in total.